The van der Waals surface area contributed by atoms with Gasteiger partial charge in [0.25, 0.3) is 5.91 Å². The summed E-state index contributed by atoms with van der Waals surface area (Å²) in [5, 5.41) is 4.85. The lowest BCUT2D eigenvalue weighted by atomic mass is 10.0. The second-order valence-corrected chi connectivity index (χ2v) is 6.55. The summed E-state index contributed by atoms with van der Waals surface area (Å²) in [6.07, 6.45) is 0. The Morgan fingerprint density at radius 3 is 2.65 bits per heavy atom. The van der Waals surface area contributed by atoms with E-state index in [0.29, 0.717) is 16.8 Å². The van der Waals surface area contributed by atoms with Crippen LogP contribution in [0.2, 0.25) is 5.02 Å². The maximum Gasteiger partial charge on any atom is 0.256 e. The van der Waals surface area contributed by atoms with Crippen molar-refractivity contribution in [2.24, 2.45) is 0 Å². The fraction of sp³-hybridized carbons (Fsp3) is 0.0556. The van der Waals surface area contributed by atoms with Crippen LogP contribution < -0.4 is 5.32 Å². The van der Waals surface area contributed by atoms with Gasteiger partial charge in [0.15, 0.2) is 0 Å². The van der Waals surface area contributed by atoms with E-state index in [1.165, 1.54) is 23.5 Å². The molecule has 0 aliphatic rings. The summed E-state index contributed by atoms with van der Waals surface area (Å²) in [5.74, 6) is -0.662. The first-order valence-corrected chi connectivity index (χ1v) is 8.22. The maximum atomic E-state index is 13.7. The molecule has 1 N–H and O–H groups in total. The van der Waals surface area contributed by atoms with Crippen LogP contribution in [0.1, 0.15) is 15.2 Å². The van der Waals surface area contributed by atoms with E-state index < -0.39 is 5.82 Å². The Bertz CT molecular complexity index is 875. The van der Waals surface area contributed by atoms with E-state index in [2.05, 4.69) is 5.32 Å². The van der Waals surface area contributed by atoms with Gasteiger partial charge in [0.1, 0.15) is 5.82 Å². The SMILES string of the molecule is Cc1sccc1C(=O)Nc1ccccc1-c1ccc(Cl)c(F)c1. The molecule has 0 bridgehead atoms. The first kappa shape index (κ1) is 15.7. The minimum atomic E-state index is -0.487. The van der Waals surface area contributed by atoms with Crippen molar-refractivity contribution in [3.8, 4) is 11.1 Å². The van der Waals surface area contributed by atoms with E-state index >= 15 is 0 Å². The zero-order valence-corrected chi connectivity index (χ0v) is 13.8. The second kappa shape index (κ2) is 6.52. The molecule has 0 fully saturated rings. The number of anilines is 1. The fourth-order valence-electron chi connectivity index (χ4n) is 2.32. The number of hydrogen-bond donors (Lipinski definition) is 1. The van der Waals surface area contributed by atoms with Gasteiger partial charge >= 0.3 is 0 Å². The van der Waals surface area contributed by atoms with Gasteiger partial charge in [-0.1, -0.05) is 35.9 Å². The number of thiophene rings is 1. The third kappa shape index (κ3) is 3.28. The van der Waals surface area contributed by atoms with Crippen LogP contribution in [0.15, 0.2) is 53.9 Å². The molecule has 0 unspecified atom stereocenters. The molecule has 0 aliphatic carbocycles. The second-order valence-electron chi connectivity index (χ2n) is 5.02. The number of nitrogens with one attached hydrogen (secondary N) is 1. The standard InChI is InChI=1S/C18H13ClFNOS/c1-11-13(8-9-23-11)18(22)21-17-5-3-2-4-14(17)12-6-7-15(19)16(20)10-12/h2-10H,1H3,(H,21,22). The molecule has 3 rings (SSSR count). The average Bonchev–Trinajstić information content (AvgIpc) is 2.97. The Labute approximate surface area is 142 Å². The van der Waals surface area contributed by atoms with Crippen molar-refractivity contribution in [3.05, 3.63) is 75.2 Å². The highest BCUT2D eigenvalue weighted by Gasteiger charge is 2.13. The molecule has 2 aromatic carbocycles. The molecule has 2 nitrogen and oxygen atoms in total. The highest BCUT2D eigenvalue weighted by atomic mass is 35.5. The largest absolute Gasteiger partial charge is 0.321 e. The first-order chi connectivity index (χ1) is 11.1. The van der Waals surface area contributed by atoms with Gasteiger partial charge in [0, 0.05) is 16.1 Å². The smallest absolute Gasteiger partial charge is 0.256 e. The summed E-state index contributed by atoms with van der Waals surface area (Å²) in [5.41, 5.74) is 2.67. The number of carbonyl (C=O) groups is 1. The van der Waals surface area contributed by atoms with Crippen LogP contribution in [0.25, 0.3) is 11.1 Å². The van der Waals surface area contributed by atoms with E-state index in [0.717, 1.165) is 10.4 Å². The number of halogens is 2. The molecule has 1 amide bonds. The Morgan fingerprint density at radius 2 is 1.96 bits per heavy atom. The summed E-state index contributed by atoms with van der Waals surface area (Å²) in [7, 11) is 0. The molecule has 0 radical (unpaired) electrons. The van der Waals surface area contributed by atoms with Crippen LogP contribution in [0.3, 0.4) is 0 Å². The van der Waals surface area contributed by atoms with Crippen LogP contribution in [0.5, 0.6) is 0 Å². The van der Waals surface area contributed by atoms with Gasteiger partial charge in [-0.05, 0) is 42.1 Å². The first-order valence-electron chi connectivity index (χ1n) is 6.96. The molecule has 0 atom stereocenters. The van der Waals surface area contributed by atoms with Gasteiger partial charge < -0.3 is 5.32 Å². The Morgan fingerprint density at radius 1 is 1.17 bits per heavy atom. The van der Waals surface area contributed by atoms with Gasteiger partial charge in [0.05, 0.1) is 10.6 Å². The normalized spacial score (nSPS) is 10.6. The molecular weight excluding hydrogens is 333 g/mol. The third-order valence-corrected chi connectivity index (χ3v) is 4.66. The minimum absolute atomic E-state index is 0.0733. The summed E-state index contributed by atoms with van der Waals surface area (Å²) in [6.45, 7) is 1.90. The van der Waals surface area contributed by atoms with E-state index in [9.17, 15) is 9.18 Å². The number of aryl methyl sites for hydroxylation is 1. The molecule has 23 heavy (non-hydrogen) atoms. The van der Waals surface area contributed by atoms with E-state index in [1.807, 2.05) is 30.5 Å². The Balaban J connectivity index is 1.96. The van der Waals surface area contributed by atoms with Crippen molar-refractivity contribution >= 4 is 34.5 Å². The number of para-hydroxylation sites is 1. The van der Waals surface area contributed by atoms with Gasteiger partial charge in [-0.25, -0.2) is 4.39 Å². The van der Waals surface area contributed by atoms with Crippen molar-refractivity contribution in [3.63, 3.8) is 0 Å². The Kier molecular flexibility index (Phi) is 4.46. The minimum Gasteiger partial charge on any atom is -0.321 e. The van der Waals surface area contributed by atoms with Crippen LogP contribution in [-0.2, 0) is 0 Å². The number of amides is 1. The molecule has 0 spiro atoms. The van der Waals surface area contributed by atoms with Crippen LogP contribution in [0.4, 0.5) is 10.1 Å². The average molecular weight is 346 g/mol. The Hall–Kier alpha value is -2.17. The third-order valence-electron chi connectivity index (χ3n) is 3.51. The monoisotopic (exact) mass is 345 g/mol. The predicted molar refractivity (Wildman–Crippen MR) is 93.9 cm³/mol. The van der Waals surface area contributed by atoms with Gasteiger partial charge in [-0.2, -0.15) is 0 Å². The topological polar surface area (TPSA) is 29.1 Å². The van der Waals surface area contributed by atoms with Crippen molar-refractivity contribution in [1.82, 2.24) is 0 Å². The molecule has 0 saturated heterocycles. The maximum absolute atomic E-state index is 13.7. The quantitative estimate of drug-likeness (QED) is 0.641. The lowest BCUT2D eigenvalue weighted by Gasteiger charge is -2.11. The molecule has 0 saturated carbocycles. The molecule has 3 aromatic rings. The van der Waals surface area contributed by atoms with Crippen molar-refractivity contribution in [1.29, 1.82) is 0 Å². The highest BCUT2D eigenvalue weighted by Crippen LogP contribution is 2.30. The van der Waals surface area contributed by atoms with Gasteiger partial charge in [0.2, 0.25) is 0 Å². The molecule has 5 heteroatoms. The number of benzene rings is 2. The summed E-state index contributed by atoms with van der Waals surface area (Å²) in [4.78, 5) is 13.4. The van der Waals surface area contributed by atoms with Crippen molar-refractivity contribution in [2.45, 2.75) is 6.92 Å². The highest BCUT2D eigenvalue weighted by molar-refractivity contribution is 7.10. The number of hydrogen-bond acceptors (Lipinski definition) is 2. The van der Waals surface area contributed by atoms with E-state index in [4.69, 9.17) is 11.6 Å². The molecule has 0 aliphatic heterocycles. The van der Waals surface area contributed by atoms with Crippen molar-refractivity contribution < 1.29 is 9.18 Å². The molecule has 116 valence electrons. The number of rotatable bonds is 3. The summed E-state index contributed by atoms with van der Waals surface area (Å²) < 4.78 is 13.7. The predicted octanol–water partition coefficient (Wildman–Crippen LogP) is 5.77. The molecule has 1 aromatic heterocycles. The van der Waals surface area contributed by atoms with Gasteiger partial charge in [-0.15, -0.1) is 11.3 Å². The summed E-state index contributed by atoms with van der Waals surface area (Å²) >= 11 is 7.26. The van der Waals surface area contributed by atoms with E-state index in [1.54, 1.807) is 18.2 Å². The van der Waals surface area contributed by atoms with E-state index in [-0.39, 0.29) is 10.9 Å². The van der Waals surface area contributed by atoms with Crippen LogP contribution in [0, 0.1) is 12.7 Å². The zero-order valence-electron chi connectivity index (χ0n) is 12.3. The zero-order chi connectivity index (χ0) is 16.4. The molecular formula is C18H13ClFNOS. The van der Waals surface area contributed by atoms with Gasteiger partial charge in [-0.3, -0.25) is 4.79 Å². The number of carbonyl (C=O) groups excluding carboxylic acids is 1. The lowest BCUT2D eigenvalue weighted by molar-refractivity contribution is 0.102. The fourth-order valence-corrected chi connectivity index (χ4v) is 3.13. The lowest BCUT2D eigenvalue weighted by Crippen LogP contribution is -2.12. The molecule has 1 heterocycles. The van der Waals surface area contributed by atoms with Crippen LogP contribution in [-0.4, -0.2) is 5.91 Å². The van der Waals surface area contributed by atoms with Crippen LogP contribution >= 0.6 is 22.9 Å². The summed E-state index contributed by atoms with van der Waals surface area (Å²) in [6, 6.07) is 13.7. The van der Waals surface area contributed by atoms with Crippen molar-refractivity contribution in [2.75, 3.05) is 5.32 Å².